The number of hydrogen-bond acceptors (Lipinski definition) is 3. The van der Waals surface area contributed by atoms with Crippen molar-refractivity contribution in [3.63, 3.8) is 0 Å². The van der Waals surface area contributed by atoms with Gasteiger partial charge in [-0.05, 0) is 37.5 Å². The number of nitrogens with one attached hydrogen (secondary N) is 1. The summed E-state index contributed by atoms with van der Waals surface area (Å²) in [4.78, 5) is 12.1. The monoisotopic (exact) mass is 278 g/mol. The Morgan fingerprint density at radius 3 is 2.25 bits per heavy atom. The second-order valence-corrected chi connectivity index (χ2v) is 4.99. The summed E-state index contributed by atoms with van der Waals surface area (Å²) >= 11 is 0. The molecule has 0 heterocycles. The van der Waals surface area contributed by atoms with Crippen LogP contribution in [0.5, 0.6) is 5.75 Å². The summed E-state index contributed by atoms with van der Waals surface area (Å²) in [7, 11) is 0. The van der Waals surface area contributed by atoms with Gasteiger partial charge < -0.3 is 15.8 Å². The largest absolute Gasteiger partial charge is 0.494 e. The van der Waals surface area contributed by atoms with Gasteiger partial charge in [-0.25, -0.2) is 0 Å². The van der Waals surface area contributed by atoms with Crippen LogP contribution in [0.15, 0.2) is 24.3 Å². The summed E-state index contributed by atoms with van der Waals surface area (Å²) in [5.41, 5.74) is 6.49. The van der Waals surface area contributed by atoms with E-state index in [4.69, 9.17) is 10.5 Å². The molecule has 0 bridgehead atoms. The minimum atomic E-state index is -0.275. The number of benzene rings is 1. The van der Waals surface area contributed by atoms with E-state index in [1.807, 2.05) is 45.0 Å². The smallest absolute Gasteiger partial charge is 0.224 e. The van der Waals surface area contributed by atoms with Gasteiger partial charge in [-0.3, -0.25) is 4.79 Å². The fraction of sp³-hybridized carbons (Fsp3) is 0.562. The molecule has 1 amide bonds. The molecule has 0 aliphatic rings. The Morgan fingerprint density at radius 1 is 1.20 bits per heavy atom. The minimum Gasteiger partial charge on any atom is -0.494 e. The van der Waals surface area contributed by atoms with Crippen molar-refractivity contribution < 1.29 is 9.53 Å². The van der Waals surface area contributed by atoms with Crippen LogP contribution in [0.4, 0.5) is 0 Å². The Bertz CT molecular complexity index is 403. The number of rotatable bonds is 8. The Labute approximate surface area is 121 Å². The molecule has 0 radical (unpaired) electrons. The van der Waals surface area contributed by atoms with Gasteiger partial charge in [0.25, 0.3) is 0 Å². The van der Waals surface area contributed by atoms with Crippen molar-refractivity contribution in [2.75, 3.05) is 13.2 Å². The van der Waals surface area contributed by atoms with Gasteiger partial charge in [0.15, 0.2) is 0 Å². The van der Waals surface area contributed by atoms with Gasteiger partial charge >= 0.3 is 0 Å². The van der Waals surface area contributed by atoms with Gasteiger partial charge in [-0.15, -0.1) is 0 Å². The molecule has 112 valence electrons. The Morgan fingerprint density at radius 2 is 1.80 bits per heavy atom. The highest BCUT2D eigenvalue weighted by molar-refractivity contribution is 5.79. The van der Waals surface area contributed by atoms with Crippen LogP contribution in [0.3, 0.4) is 0 Å². The maximum atomic E-state index is 12.1. The standard InChI is InChI=1S/C16H26N2O2/c1-4-16(5-2,12-17)18-15(19)11-13-7-9-14(10-8-13)20-6-3/h7-10H,4-6,11-12,17H2,1-3H3,(H,18,19). The lowest BCUT2D eigenvalue weighted by molar-refractivity contribution is -0.122. The first kappa shape index (κ1) is 16.5. The second-order valence-electron chi connectivity index (χ2n) is 4.99. The third-order valence-electron chi connectivity index (χ3n) is 3.75. The molecule has 0 unspecified atom stereocenters. The molecule has 0 saturated heterocycles. The molecule has 1 aromatic rings. The fourth-order valence-corrected chi connectivity index (χ4v) is 2.16. The van der Waals surface area contributed by atoms with E-state index in [9.17, 15) is 4.79 Å². The molecule has 4 heteroatoms. The average Bonchev–Trinajstić information content (AvgIpc) is 2.47. The van der Waals surface area contributed by atoms with Crippen LogP contribution < -0.4 is 15.8 Å². The van der Waals surface area contributed by atoms with Gasteiger partial charge in [0.2, 0.25) is 5.91 Å². The molecule has 1 rings (SSSR count). The van der Waals surface area contributed by atoms with Gasteiger partial charge in [-0.1, -0.05) is 26.0 Å². The molecule has 0 fully saturated rings. The van der Waals surface area contributed by atoms with Crippen molar-refractivity contribution in [3.05, 3.63) is 29.8 Å². The summed E-state index contributed by atoms with van der Waals surface area (Å²) < 4.78 is 5.38. The average molecular weight is 278 g/mol. The number of hydrogen-bond donors (Lipinski definition) is 2. The maximum Gasteiger partial charge on any atom is 0.224 e. The van der Waals surface area contributed by atoms with Crippen LogP contribution in [0.2, 0.25) is 0 Å². The highest BCUT2D eigenvalue weighted by Gasteiger charge is 2.26. The molecule has 4 nitrogen and oxygen atoms in total. The van der Waals surface area contributed by atoms with Crippen molar-refractivity contribution in [3.8, 4) is 5.75 Å². The summed E-state index contributed by atoms with van der Waals surface area (Å²) in [5, 5.41) is 3.07. The minimum absolute atomic E-state index is 0.0170. The molecule has 0 aliphatic carbocycles. The van der Waals surface area contributed by atoms with Crippen molar-refractivity contribution in [1.82, 2.24) is 5.32 Å². The summed E-state index contributed by atoms with van der Waals surface area (Å²) in [5.74, 6) is 0.846. The number of nitrogens with two attached hydrogens (primary N) is 1. The van der Waals surface area contributed by atoms with Crippen LogP contribution in [0.25, 0.3) is 0 Å². The third-order valence-corrected chi connectivity index (χ3v) is 3.75. The van der Waals surface area contributed by atoms with Gasteiger partial charge in [0.1, 0.15) is 5.75 Å². The van der Waals surface area contributed by atoms with E-state index in [-0.39, 0.29) is 11.4 Å². The normalized spacial score (nSPS) is 11.2. The Hall–Kier alpha value is -1.55. The van der Waals surface area contributed by atoms with E-state index < -0.39 is 0 Å². The first-order valence-corrected chi connectivity index (χ1v) is 7.32. The van der Waals surface area contributed by atoms with Crippen molar-refractivity contribution in [2.45, 2.75) is 45.6 Å². The van der Waals surface area contributed by atoms with Crippen molar-refractivity contribution in [2.24, 2.45) is 5.73 Å². The van der Waals surface area contributed by atoms with E-state index in [0.717, 1.165) is 24.2 Å². The van der Waals surface area contributed by atoms with E-state index in [2.05, 4.69) is 5.32 Å². The lowest BCUT2D eigenvalue weighted by Gasteiger charge is -2.31. The molecular weight excluding hydrogens is 252 g/mol. The van der Waals surface area contributed by atoms with Crippen LogP contribution in [0.1, 0.15) is 39.2 Å². The van der Waals surface area contributed by atoms with Crippen LogP contribution in [0, 0.1) is 0 Å². The zero-order valence-corrected chi connectivity index (χ0v) is 12.7. The van der Waals surface area contributed by atoms with E-state index in [0.29, 0.717) is 19.6 Å². The lowest BCUT2D eigenvalue weighted by atomic mass is 9.92. The zero-order valence-electron chi connectivity index (χ0n) is 12.7. The molecule has 0 atom stereocenters. The van der Waals surface area contributed by atoms with Crippen molar-refractivity contribution in [1.29, 1.82) is 0 Å². The zero-order chi connectivity index (χ0) is 15.0. The van der Waals surface area contributed by atoms with Crippen LogP contribution in [-0.4, -0.2) is 24.6 Å². The van der Waals surface area contributed by atoms with Gasteiger partial charge in [-0.2, -0.15) is 0 Å². The first-order valence-electron chi connectivity index (χ1n) is 7.32. The topological polar surface area (TPSA) is 64.3 Å². The van der Waals surface area contributed by atoms with E-state index in [1.54, 1.807) is 0 Å². The molecule has 0 aromatic heterocycles. The number of ether oxygens (including phenoxy) is 1. The Balaban J connectivity index is 2.61. The third kappa shape index (κ3) is 4.53. The van der Waals surface area contributed by atoms with Crippen LogP contribution >= 0.6 is 0 Å². The van der Waals surface area contributed by atoms with E-state index >= 15 is 0 Å². The summed E-state index contributed by atoms with van der Waals surface area (Å²) in [6, 6.07) is 7.63. The summed E-state index contributed by atoms with van der Waals surface area (Å²) in [6.07, 6.45) is 2.05. The SMILES string of the molecule is CCOc1ccc(CC(=O)NC(CC)(CC)CN)cc1. The van der Waals surface area contributed by atoms with Gasteiger partial charge in [0.05, 0.1) is 18.6 Å². The maximum absolute atomic E-state index is 12.1. The number of amides is 1. The predicted molar refractivity (Wildman–Crippen MR) is 81.8 cm³/mol. The molecular formula is C16H26N2O2. The predicted octanol–water partition coefficient (Wildman–Crippen LogP) is 2.26. The quantitative estimate of drug-likeness (QED) is 0.766. The fourth-order valence-electron chi connectivity index (χ4n) is 2.16. The second kappa shape index (κ2) is 7.90. The van der Waals surface area contributed by atoms with E-state index in [1.165, 1.54) is 0 Å². The first-order chi connectivity index (χ1) is 9.59. The lowest BCUT2D eigenvalue weighted by Crippen LogP contribution is -2.53. The molecule has 0 spiro atoms. The number of carbonyl (C=O) groups is 1. The molecule has 20 heavy (non-hydrogen) atoms. The number of carbonyl (C=O) groups excluding carboxylic acids is 1. The molecule has 0 aliphatic heterocycles. The Kier molecular flexibility index (Phi) is 6.52. The molecule has 0 saturated carbocycles. The van der Waals surface area contributed by atoms with Crippen molar-refractivity contribution >= 4 is 5.91 Å². The van der Waals surface area contributed by atoms with Gasteiger partial charge in [0, 0.05) is 6.54 Å². The summed E-state index contributed by atoms with van der Waals surface area (Å²) in [6.45, 7) is 7.16. The highest BCUT2D eigenvalue weighted by Crippen LogP contribution is 2.15. The molecule has 3 N–H and O–H groups in total. The molecule has 1 aromatic carbocycles. The van der Waals surface area contributed by atoms with Crippen LogP contribution in [-0.2, 0) is 11.2 Å². The highest BCUT2D eigenvalue weighted by atomic mass is 16.5.